The highest BCUT2D eigenvalue weighted by molar-refractivity contribution is 5.46. The second kappa shape index (κ2) is 8.20. The number of benzene rings is 2. The van der Waals surface area contributed by atoms with Gasteiger partial charge in [0.25, 0.3) is 0 Å². The SMILES string of the molecule is CCOc1ccc(NCCCOc2cccc(C)c2)cc1. The molecule has 2 rings (SSSR count). The van der Waals surface area contributed by atoms with Crippen molar-refractivity contribution < 1.29 is 9.47 Å². The Kier molecular flexibility index (Phi) is 5.95. The molecular weight excluding hydrogens is 262 g/mol. The molecule has 112 valence electrons. The van der Waals surface area contributed by atoms with Crippen LogP contribution >= 0.6 is 0 Å². The minimum Gasteiger partial charge on any atom is -0.494 e. The molecule has 0 unspecified atom stereocenters. The molecule has 0 fully saturated rings. The third kappa shape index (κ3) is 5.38. The second-order valence-electron chi connectivity index (χ2n) is 4.90. The molecule has 3 heteroatoms. The molecule has 1 N–H and O–H groups in total. The zero-order valence-electron chi connectivity index (χ0n) is 12.8. The average molecular weight is 285 g/mol. The predicted molar refractivity (Wildman–Crippen MR) is 87.4 cm³/mol. The molecule has 0 bridgehead atoms. The molecule has 0 aromatic heterocycles. The van der Waals surface area contributed by atoms with Gasteiger partial charge in [0.05, 0.1) is 13.2 Å². The number of nitrogens with one attached hydrogen (secondary N) is 1. The number of aryl methyl sites for hydroxylation is 1. The van der Waals surface area contributed by atoms with Crippen LogP contribution in [-0.2, 0) is 0 Å². The van der Waals surface area contributed by atoms with Gasteiger partial charge in [-0.1, -0.05) is 12.1 Å². The molecule has 0 radical (unpaired) electrons. The first-order valence-corrected chi connectivity index (χ1v) is 7.44. The molecule has 0 aliphatic carbocycles. The van der Waals surface area contributed by atoms with Gasteiger partial charge in [-0.3, -0.25) is 0 Å². The van der Waals surface area contributed by atoms with Crippen LogP contribution in [0.15, 0.2) is 48.5 Å². The quantitative estimate of drug-likeness (QED) is 0.735. The average Bonchev–Trinajstić information content (AvgIpc) is 2.49. The van der Waals surface area contributed by atoms with Crippen molar-refractivity contribution in [3.05, 3.63) is 54.1 Å². The maximum Gasteiger partial charge on any atom is 0.119 e. The Morgan fingerprint density at radius 2 is 1.76 bits per heavy atom. The Bertz CT molecular complexity index is 537. The van der Waals surface area contributed by atoms with Gasteiger partial charge in [-0.15, -0.1) is 0 Å². The Morgan fingerprint density at radius 3 is 2.48 bits per heavy atom. The molecule has 0 saturated heterocycles. The summed E-state index contributed by atoms with van der Waals surface area (Å²) in [6.07, 6.45) is 0.959. The van der Waals surface area contributed by atoms with E-state index in [1.807, 2.05) is 43.3 Å². The van der Waals surface area contributed by atoms with Crippen LogP contribution in [0.4, 0.5) is 5.69 Å². The van der Waals surface area contributed by atoms with Crippen molar-refractivity contribution in [3.63, 3.8) is 0 Å². The molecule has 0 atom stereocenters. The summed E-state index contributed by atoms with van der Waals surface area (Å²) in [6.45, 7) is 6.36. The molecule has 0 aliphatic rings. The summed E-state index contributed by atoms with van der Waals surface area (Å²) in [4.78, 5) is 0. The van der Waals surface area contributed by atoms with Gasteiger partial charge in [0, 0.05) is 12.2 Å². The lowest BCUT2D eigenvalue weighted by atomic mass is 10.2. The van der Waals surface area contributed by atoms with E-state index < -0.39 is 0 Å². The summed E-state index contributed by atoms with van der Waals surface area (Å²) >= 11 is 0. The van der Waals surface area contributed by atoms with Gasteiger partial charge >= 0.3 is 0 Å². The zero-order valence-corrected chi connectivity index (χ0v) is 12.8. The molecule has 0 heterocycles. The number of anilines is 1. The largest absolute Gasteiger partial charge is 0.494 e. The van der Waals surface area contributed by atoms with Crippen LogP contribution in [0.1, 0.15) is 18.9 Å². The van der Waals surface area contributed by atoms with Crippen LogP contribution in [0.25, 0.3) is 0 Å². The lowest BCUT2D eigenvalue weighted by molar-refractivity contribution is 0.315. The maximum atomic E-state index is 5.72. The van der Waals surface area contributed by atoms with Gasteiger partial charge in [-0.05, 0) is 62.2 Å². The standard InChI is InChI=1S/C18H23NO2/c1-3-20-17-10-8-16(9-11-17)19-12-5-13-21-18-7-4-6-15(2)14-18/h4,6-11,14,19H,3,5,12-13H2,1-2H3. The van der Waals surface area contributed by atoms with Gasteiger partial charge < -0.3 is 14.8 Å². The number of ether oxygens (including phenoxy) is 2. The summed E-state index contributed by atoms with van der Waals surface area (Å²) in [6, 6.07) is 16.2. The van der Waals surface area contributed by atoms with Crippen molar-refractivity contribution in [2.45, 2.75) is 20.3 Å². The topological polar surface area (TPSA) is 30.5 Å². The molecule has 0 amide bonds. The Hall–Kier alpha value is -2.16. The highest BCUT2D eigenvalue weighted by atomic mass is 16.5. The van der Waals surface area contributed by atoms with E-state index in [4.69, 9.17) is 9.47 Å². The van der Waals surface area contributed by atoms with E-state index >= 15 is 0 Å². The molecule has 21 heavy (non-hydrogen) atoms. The van der Waals surface area contributed by atoms with Crippen LogP contribution < -0.4 is 14.8 Å². The van der Waals surface area contributed by atoms with Crippen LogP contribution in [0.5, 0.6) is 11.5 Å². The van der Waals surface area contributed by atoms with Crippen molar-refractivity contribution >= 4 is 5.69 Å². The third-order valence-electron chi connectivity index (χ3n) is 3.07. The van der Waals surface area contributed by atoms with E-state index in [1.54, 1.807) is 0 Å². The fourth-order valence-electron chi connectivity index (χ4n) is 2.04. The summed E-state index contributed by atoms with van der Waals surface area (Å²) in [7, 11) is 0. The zero-order chi connectivity index (χ0) is 14.9. The van der Waals surface area contributed by atoms with Crippen LogP contribution in [0.2, 0.25) is 0 Å². The fourth-order valence-corrected chi connectivity index (χ4v) is 2.04. The van der Waals surface area contributed by atoms with E-state index in [0.717, 1.165) is 30.2 Å². The van der Waals surface area contributed by atoms with Crippen molar-refractivity contribution in [2.75, 3.05) is 25.1 Å². The number of hydrogen-bond acceptors (Lipinski definition) is 3. The van der Waals surface area contributed by atoms with E-state index in [0.29, 0.717) is 13.2 Å². The van der Waals surface area contributed by atoms with Crippen LogP contribution in [0, 0.1) is 6.92 Å². The fraction of sp³-hybridized carbons (Fsp3) is 0.333. The maximum absolute atomic E-state index is 5.72. The first-order chi connectivity index (χ1) is 10.3. The molecule has 3 nitrogen and oxygen atoms in total. The van der Waals surface area contributed by atoms with Crippen molar-refractivity contribution in [1.82, 2.24) is 0 Å². The van der Waals surface area contributed by atoms with Crippen molar-refractivity contribution in [2.24, 2.45) is 0 Å². The predicted octanol–water partition coefficient (Wildman–Crippen LogP) is 4.27. The summed E-state index contributed by atoms with van der Waals surface area (Å²) in [5.74, 6) is 1.85. The minimum atomic E-state index is 0.697. The van der Waals surface area contributed by atoms with E-state index in [-0.39, 0.29) is 0 Å². The summed E-state index contributed by atoms with van der Waals surface area (Å²) in [5, 5.41) is 3.38. The van der Waals surface area contributed by atoms with Gasteiger partial charge in [-0.25, -0.2) is 0 Å². The van der Waals surface area contributed by atoms with E-state index in [1.165, 1.54) is 5.56 Å². The van der Waals surface area contributed by atoms with E-state index in [2.05, 4.69) is 24.4 Å². The van der Waals surface area contributed by atoms with Crippen LogP contribution in [0.3, 0.4) is 0 Å². The summed E-state index contributed by atoms with van der Waals surface area (Å²) < 4.78 is 11.1. The first kappa shape index (κ1) is 15.2. The molecule has 2 aromatic carbocycles. The molecule has 0 saturated carbocycles. The normalized spacial score (nSPS) is 10.2. The Labute approximate surface area is 126 Å². The van der Waals surface area contributed by atoms with Crippen LogP contribution in [-0.4, -0.2) is 19.8 Å². The first-order valence-electron chi connectivity index (χ1n) is 7.44. The highest BCUT2D eigenvalue weighted by Gasteiger charge is 1.96. The highest BCUT2D eigenvalue weighted by Crippen LogP contribution is 2.16. The van der Waals surface area contributed by atoms with Gasteiger partial charge in [0.2, 0.25) is 0 Å². The third-order valence-corrected chi connectivity index (χ3v) is 3.07. The lowest BCUT2D eigenvalue weighted by Gasteiger charge is -2.09. The van der Waals surface area contributed by atoms with Gasteiger partial charge in [0.15, 0.2) is 0 Å². The smallest absolute Gasteiger partial charge is 0.119 e. The van der Waals surface area contributed by atoms with Gasteiger partial charge in [-0.2, -0.15) is 0 Å². The Morgan fingerprint density at radius 1 is 0.952 bits per heavy atom. The van der Waals surface area contributed by atoms with Gasteiger partial charge in [0.1, 0.15) is 11.5 Å². The minimum absolute atomic E-state index is 0.697. The Balaban J connectivity index is 1.65. The monoisotopic (exact) mass is 285 g/mol. The summed E-state index contributed by atoms with van der Waals surface area (Å²) in [5.41, 5.74) is 2.33. The number of hydrogen-bond donors (Lipinski definition) is 1. The second-order valence-corrected chi connectivity index (χ2v) is 4.90. The molecular formula is C18H23NO2. The van der Waals surface area contributed by atoms with Crippen molar-refractivity contribution in [1.29, 1.82) is 0 Å². The number of rotatable bonds is 8. The lowest BCUT2D eigenvalue weighted by Crippen LogP contribution is -2.07. The van der Waals surface area contributed by atoms with Crippen molar-refractivity contribution in [3.8, 4) is 11.5 Å². The molecule has 0 aliphatic heterocycles. The molecule has 2 aromatic rings. The van der Waals surface area contributed by atoms with E-state index in [9.17, 15) is 0 Å². The molecule has 0 spiro atoms.